The molecule has 1 saturated heterocycles. The molecule has 0 N–H and O–H groups in total. The molecular formula is C12H17NO3. The molecule has 4 nitrogen and oxygen atoms in total. The molecule has 88 valence electrons. The summed E-state index contributed by atoms with van der Waals surface area (Å²) in [6.07, 6.45) is 10.0. The second-order valence-electron chi connectivity index (χ2n) is 3.62. The summed E-state index contributed by atoms with van der Waals surface area (Å²) in [4.78, 5) is 24.0. The lowest BCUT2D eigenvalue weighted by Crippen LogP contribution is -2.24. The molecule has 1 aliphatic heterocycles. The molecule has 0 aliphatic carbocycles. The SMILES string of the molecule is COC(=O)/C=C/C=C\N1CCCCCC1=O. The summed E-state index contributed by atoms with van der Waals surface area (Å²) < 4.78 is 4.44. The van der Waals surface area contributed by atoms with Crippen LogP contribution in [0, 0.1) is 0 Å². The molecule has 0 aromatic carbocycles. The molecular weight excluding hydrogens is 206 g/mol. The van der Waals surface area contributed by atoms with Gasteiger partial charge in [0.25, 0.3) is 0 Å². The van der Waals surface area contributed by atoms with Gasteiger partial charge in [0.2, 0.25) is 5.91 Å². The van der Waals surface area contributed by atoms with E-state index in [0.717, 1.165) is 25.8 Å². The van der Waals surface area contributed by atoms with E-state index in [2.05, 4.69) is 4.74 Å². The number of rotatable bonds is 3. The Morgan fingerprint density at radius 1 is 1.31 bits per heavy atom. The number of likely N-dealkylation sites (tertiary alicyclic amines) is 1. The van der Waals surface area contributed by atoms with E-state index in [1.165, 1.54) is 13.2 Å². The maximum Gasteiger partial charge on any atom is 0.330 e. The van der Waals surface area contributed by atoms with Crippen LogP contribution in [0.15, 0.2) is 24.4 Å². The van der Waals surface area contributed by atoms with Crippen LogP contribution in [0.25, 0.3) is 0 Å². The third-order valence-corrected chi connectivity index (χ3v) is 2.42. The lowest BCUT2D eigenvalue weighted by Gasteiger charge is -2.14. The molecule has 16 heavy (non-hydrogen) atoms. The van der Waals surface area contributed by atoms with Crippen LogP contribution >= 0.6 is 0 Å². The Morgan fingerprint density at radius 3 is 2.88 bits per heavy atom. The third kappa shape index (κ3) is 4.29. The zero-order valence-corrected chi connectivity index (χ0v) is 9.52. The van der Waals surface area contributed by atoms with Gasteiger partial charge in [-0.2, -0.15) is 0 Å². The summed E-state index contributed by atoms with van der Waals surface area (Å²) in [7, 11) is 1.33. The van der Waals surface area contributed by atoms with Crippen LogP contribution in [-0.4, -0.2) is 30.4 Å². The van der Waals surface area contributed by atoms with Crippen molar-refractivity contribution in [1.82, 2.24) is 4.90 Å². The number of allylic oxidation sites excluding steroid dienone is 2. The first-order valence-electron chi connectivity index (χ1n) is 5.46. The summed E-state index contributed by atoms with van der Waals surface area (Å²) >= 11 is 0. The Kier molecular flexibility index (Phi) is 5.32. The monoisotopic (exact) mass is 223 g/mol. The van der Waals surface area contributed by atoms with Crippen LogP contribution in [0.2, 0.25) is 0 Å². The molecule has 0 spiro atoms. The van der Waals surface area contributed by atoms with Gasteiger partial charge in [-0.3, -0.25) is 4.79 Å². The smallest absolute Gasteiger partial charge is 0.330 e. The standard InChI is InChI=1S/C12H17NO3/c1-16-12(15)8-4-6-10-13-9-5-2-3-7-11(13)14/h4,6,8,10H,2-3,5,7,9H2,1H3/b8-4+,10-6-. The lowest BCUT2D eigenvalue weighted by molar-refractivity contribution is -0.134. The zero-order valence-electron chi connectivity index (χ0n) is 9.52. The van der Waals surface area contributed by atoms with Crippen molar-refractivity contribution in [1.29, 1.82) is 0 Å². The first-order chi connectivity index (χ1) is 7.74. The minimum absolute atomic E-state index is 0.153. The van der Waals surface area contributed by atoms with E-state index >= 15 is 0 Å². The van der Waals surface area contributed by atoms with Crippen LogP contribution in [0.4, 0.5) is 0 Å². The maximum absolute atomic E-state index is 11.6. The predicted molar refractivity (Wildman–Crippen MR) is 60.5 cm³/mol. The number of carbonyl (C=O) groups excluding carboxylic acids is 2. The van der Waals surface area contributed by atoms with Crippen LogP contribution in [0.1, 0.15) is 25.7 Å². The van der Waals surface area contributed by atoms with Gasteiger partial charge in [0.15, 0.2) is 0 Å². The van der Waals surface area contributed by atoms with Crippen molar-refractivity contribution in [2.45, 2.75) is 25.7 Å². The van der Waals surface area contributed by atoms with Gasteiger partial charge in [-0.25, -0.2) is 4.79 Å². The average Bonchev–Trinajstić information content (AvgIpc) is 2.49. The van der Waals surface area contributed by atoms with E-state index in [-0.39, 0.29) is 5.91 Å². The van der Waals surface area contributed by atoms with Gasteiger partial charge in [-0.1, -0.05) is 12.5 Å². The van der Waals surface area contributed by atoms with Crippen LogP contribution in [0.3, 0.4) is 0 Å². The van der Waals surface area contributed by atoms with Gasteiger partial charge in [-0.15, -0.1) is 0 Å². The molecule has 0 saturated carbocycles. The number of ether oxygens (including phenoxy) is 1. The average molecular weight is 223 g/mol. The van der Waals surface area contributed by atoms with Crippen molar-refractivity contribution in [3.8, 4) is 0 Å². The van der Waals surface area contributed by atoms with E-state index in [1.54, 1.807) is 23.3 Å². The molecule has 4 heteroatoms. The first-order valence-corrected chi connectivity index (χ1v) is 5.46. The third-order valence-electron chi connectivity index (χ3n) is 2.42. The molecule has 0 atom stereocenters. The Bertz CT molecular complexity index is 307. The van der Waals surface area contributed by atoms with Gasteiger partial charge in [0, 0.05) is 25.2 Å². The zero-order chi connectivity index (χ0) is 11.8. The second kappa shape index (κ2) is 6.82. The molecule has 1 aliphatic rings. The van der Waals surface area contributed by atoms with Crippen molar-refractivity contribution in [2.24, 2.45) is 0 Å². The molecule has 0 aromatic rings. The number of amides is 1. The summed E-state index contributed by atoms with van der Waals surface area (Å²) in [5.74, 6) is -0.243. The molecule has 1 heterocycles. The fraction of sp³-hybridized carbons (Fsp3) is 0.500. The molecule has 1 amide bonds. The quantitative estimate of drug-likeness (QED) is 0.415. The fourth-order valence-electron chi connectivity index (χ4n) is 1.52. The van der Waals surface area contributed by atoms with E-state index in [9.17, 15) is 9.59 Å². The van der Waals surface area contributed by atoms with Crippen LogP contribution in [-0.2, 0) is 14.3 Å². The van der Waals surface area contributed by atoms with Gasteiger partial charge in [0.05, 0.1) is 7.11 Å². The van der Waals surface area contributed by atoms with Crippen LogP contribution in [0.5, 0.6) is 0 Å². The van der Waals surface area contributed by atoms with Gasteiger partial charge in [-0.05, 0) is 18.9 Å². The number of hydrogen-bond donors (Lipinski definition) is 0. The van der Waals surface area contributed by atoms with Gasteiger partial charge < -0.3 is 9.64 Å². The molecule has 0 unspecified atom stereocenters. The van der Waals surface area contributed by atoms with E-state index in [1.807, 2.05) is 0 Å². The van der Waals surface area contributed by atoms with Gasteiger partial charge >= 0.3 is 5.97 Å². The van der Waals surface area contributed by atoms with E-state index < -0.39 is 5.97 Å². The van der Waals surface area contributed by atoms with Crippen molar-refractivity contribution < 1.29 is 14.3 Å². The highest BCUT2D eigenvalue weighted by Crippen LogP contribution is 2.11. The highest BCUT2D eigenvalue weighted by Gasteiger charge is 2.13. The van der Waals surface area contributed by atoms with Crippen molar-refractivity contribution in [2.75, 3.05) is 13.7 Å². The summed E-state index contributed by atoms with van der Waals surface area (Å²) in [6.45, 7) is 0.765. The topological polar surface area (TPSA) is 46.6 Å². The highest BCUT2D eigenvalue weighted by atomic mass is 16.5. The Hall–Kier alpha value is -1.58. The number of esters is 1. The number of methoxy groups -OCH3 is 1. The normalized spacial score (nSPS) is 18.1. The molecule has 1 fully saturated rings. The van der Waals surface area contributed by atoms with E-state index in [4.69, 9.17) is 0 Å². The highest BCUT2D eigenvalue weighted by molar-refractivity contribution is 5.82. The minimum Gasteiger partial charge on any atom is -0.466 e. The summed E-state index contributed by atoms with van der Waals surface area (Å²) in [5.41, 5.74) is 0. The first kappa shape index (κ1) is 12.5. The number of hydrogen-bond acceptors (Lipinski definition) is 3. The summed E-state index contributed by atoms with van der Waals surface area (Å²) in [6, 6.07) is 0. The maximum atomic E-state index is 11.6. The Balaban J connectivity index is 2.45. The second-order valence-corrected chi connectivity index (χ2v) is 3.62. The van der Waals surface area contributed by atoms with Gasteiger partial charge in [0.1, 0.15) is 0 Å². The largest absolute Gasteiger partial charge is 0.466 e. The van der Waals surface area contributed by atoms with Crippen molar-refractivity contribution in [3.63, 3.8) is 0 Å². The minimum atomic E-state index is -0.396. The number of nitrogens with zero attached hydrogens (tertiary/aromatic N) is 1. The molecule has 0 bridgehead atoms. The van der Waals surface area contributed by atoms with Crippen molar-refractivity contribution in [3.05, 3.63) is 24.4 Å². The number of carbonyl (C=O) groups is 2. The Morgan fingerprint density at radius 2 is 2.12 bits per heavy atom. The van der Waals surface area contributed by atoms with E-state index in [0.29, 0.717) is 6.42 Å². The molecule has 1 rings (SSSR count). The fourth-order valence-corrected chi connectivity index (χ4v) is 1.52. The molecule has 0 aromatic heterocycles. The van der Waals surface area contributed by atoms with Crippen LogP contribution < -0.4 is 0 Å². The Labute approximate surface area is 95.6 Å². The lowest BCUT2D eigenvalue weighted by atomic mass is 10.2. The molecule has 0 radical (unpaired) electrons. The summed E-state index contributed by atoms with van der Waals surface area (Å²) in [5, 5.41) is 0. The van der Waals surface area contributed by atoms with Crippen molar-refractivity contribution >= 4 is 11.9 Å². The predicted octanol–water partition coefficient (Wildman–Crippen LogP) is 1.63.